The van der Waals surface area contributed by atoms with Gasteiger partial charge in [0.1, 0.15) is 10.8 Å². The molecule has 1 aromatic heterocycles. The molecule has 0 aliphatic rings. The van der Waals surface area contributed by atoms with Gasteiger partial charge in [0.25, 0.3) is 5.91 Å². The predicted octanol–water partition coefficient (Wildman–Crippen LogP) is 6.29. The fraction of sp³-hybridized carbons (Fsp3) is 0.0476. The largest absolute Gasteiger partial charge is 0.482 e. The molecule has 4 rings (SSSR count). The van der Waals surface area contributed by atoms with Gasteiger partial charge < -0.3 is 10.1 Å². The van der Waals surface area contributed by atoms with E-state index in [-0.39, 0.29) is 12.5 Å². The normalized spacial score (nSPS) is 10.8. The average molecular weight is 429 g/mol. The van der Waals surface area contributed by atoms with Crippen LogP contribution in [0.4, 0.5) is 5.69 Å². The molecule has 0 aliphatic heterocycles. The minimum Gasteiger partial charge on any atom is -0.482 e. The Morgan fingerprint density at radius 1 is 1.00 bits per heavy atom. The van der Waals surface area contributed by atoms with Gasteiger partial charge in [0.05, 0.1) is 20.3 Å². The van der Waals surface area contributed by atoms with Crippen LogP contribution in [0.5, 0.6) is 5.75 Å². The van der Waals surface area contributed by atoms with E-state index in [1.54, 1.807) is 47.7 Å². The van der Waals surface area contributed by atoms with Gasteiger partial charge in [-0.3, -0.25) is 4.79 Å². The molecule has 1 heterocycles. The molecule has 0 aliphatic carbocycles. The Kier molecular flexibility index (Phi) is 5.48. The maximum Gasteiger partial charge on any atom is 0.262 e. The molecule has 0 spiro atoms. The lowest BCUT2D eigenvalue weighted by Gasteiger charge is -2.10. The summed E-state index contributed by atoms with van der Waals surface area (Å²) in [4.78, 5) is 16.9. The zero-order valence-corrected chi connectivity index (χ0v) is 16.8. The lowest BCUT2D eigenvalue weighted by Crippen LogP contribution is -2.20. The molecule has 1 N–H and O–H groups in total. The highest BCUT2D eigenvalue weighted by Gasteiger charge is 2.12. The van der Waals surface area contributed by atoms with E-state index in [4.69, 9.17) is 27.9 Å². The first-order valence-electron chi connectivity index (χ1n) is 8.43. The molecule has 28 heavy (non-hydrogen) atoms. The Labute approximate surface area is 175 Å². The van der Waals surface area contributed by atoms with Crippen LogP contribution in [0.1, 0.15) is 0 Å². The van der Waals surface area contributed by atoms with E-state index in [1.165, 1.54) is 0 Å². The number of nitrogens with one attached hydrogen (secondary N) is 1. The lowest BCUT2D eigenvalue weighted by molar-refractivity contribution is -0.118. The Bertz CT molecular complexity index is 1130. The molecular formula is C21H14Cl2N2O2S. The lowest BCUT2D eigenvalue weighted by atomic mass is 10.2. The number of hydrogen-bond acceptors (Lipinski definition) is 4. The predicted molar refractivity (Wildman–Crippen MR) is 116 cm³/mol. The molecular weight excluding hydrogens is 415 g/mol. The number of thiazole rings is 1. The van der Waals surface area contributed by atoms with Crippen molar-refractivity contribution in [3.8, 4) is 16.3 Å². The van der Waals surface area contributed by atoms with Crippen LogP contribution in [-0.2, 0) is 4.79 Å². The van der Waals surface area contributed by atoms with Crippen LogP contribution in [0.2, 0.25) is 10.0 Å². The zero-order valence-electron chi connectivity index (χ0n) is 14.5. The summed E-state index contributed by atoms with van der Waals surface area (Å²) in [6.07, 6.45) is 0. The zero-order chi connectivity index (χ0) is 19.5. The topological polar surface area (TPSA) is 51.2 Å². The first-order chi connectivity index (χ1) is 13.6. The van der Waals surface area contributed by atoms with E-state index in [0.717, 1.165) is 20.8 Å². The maximum atomic E-state index is 12.2. The van der Waals surface area contributed by atoms with Gasteiger partial charge in [0.2, 0.25) is 0 Å². The molecule has 1 amide bonds. The highest BCUT2D eigenvalue weighted by molar-refractivity contribution is 7.21. The highest BCUT2D eigenvalue weighted by atomic mass is 35.5. The van der Waals surface area contributed by atoms with Gasteiger partial charge in [-0.25, -0.2) is 4.98 Å². The van der Waals surface area contributed by atoms with E-state index < -0.39 is 0 Å². The van der Waals surface area contributed by atoms with Gasteiger partial charge in [-0.15, -0.1) is 11.3 Å². The average Bonchev–Trinajstić information content (AvgIpc) is 3.13. The number of rotatable bonds is 5. The Morgan fingerprint density at radius 2 is 1.79 bits per heavy atom. The number of aromatic nitrogens is 1. The molecule has 0 atom stereocenters. The van der Waals surface area contributed by atoms with Crippen molar-refractivity contribution in [3.05, 3.63) is 76.8 Å². The number of carbonyl (C=O) groups excluding carboxylic acids is 1. The van der Waals surface area contributed by atoms with Crippen molar-refractivity contribution < 1.29 is 9.53 Å². The van der Waals surface area contributed by atoms with Gasteiger partial charge >= 0.3 is 0 Å². The van der Waals surface area contributed by atoms with Crippen molar-refractivity contribution in [2.75, 3.05) is 11.9 Å². The van der Waals surface area contributed by atoms with Gasteiger partial charge in [0, 0.05) is 11.3 Å². The van der Waals surface area contributed by atoms with Crippen LogP contribution in [0, 0.1) is 0 Å². The summed E-state index contributed by atoms with van der Waals surface area (Å²) in [7, 11) is 0. The third kappa shape index (κ3) is 4.12. The SMILES string of the molecule is O=C(COc1ccccc1Cl)Nc1ccc(Cl)c(-c2nc3ccccc3s2)c1. The van der Waals surface area contributed by atoms with Crippen LogP contribution in [0.25, 0.3) is 20.8 Å². The quantitative estimate of drug-likeness (QED) is 0.406. The fourth-order valence-corrected chi connectivity index (χ4v) is 4.11. The second-order valence-corrected chi connectivity index (χ2v) is 7.79. The van der Waals surface area contributed by atoms with E-state index >= 15 is 0 Å². The number of nitrogens with zero attached hydrogens (tertiary/aromatic N) is 1. The summed E-state index contributed by atoms with van der Waals surface area (Å²) in [5.41, 5.74) is 2.31. The molecule has 0 unspecified atom stereocenters. The first kappa shape index (κ1) is 18.7. The Balaban J connectivity index is 1.50. The number of para-hydroxylation sites is 2. The number of anilines is 1. The summed E-state index contributed by atoms with van der Waals surface area (Å²) >= 11 is 14.0. The number of halogens is 2. The number of benzene rings is 3. The Morgan fingerprint density at radius 3 is 2.61 bits per heavy atom. The van der Waals surface area contributed by atoms with Gasteiger partial charge in [0.15, 0.2) is 6.61 Å². The molecule has 3 aromatic carbocycles. The minimum atomic E-state index is -0.294. The molecule has 0 bridgehead atoms. The number of carbonyl (C=O) groups is 1. The molecule has 4 aromatic rings. The molecule has 0 radical (unpaired) electrons. The van der Waals surface area contributed by atoms with Crippen LogP contribution in [0.15, 0.2) is 66.7 Å². The fourth-order valence-electron chi connectivity index (χ4n) is 2.66. The van der Waals surface area contributed by atoms with Crippen molar-refractivity contribution in [2.24, 2.45) is 0 Å². The van der Waals surface area contributed by atoms with Gasteiger partial charge in [-0.2, -0.15) is 0 Å². The van der Waals surface area contributed by atoms with Crippen LogP contribution < -0.4 is 10.1 Å². The molecule has 140 valence electrons. The van der Waals surface area contributed by atoms with Crippen molar-refractivity contribution in [1.82, 2.24) is 4.98 Å². The smallest absolute Gasteiger partial charge is 0.262 e. The van der Waals surface area contributed by atoms with Crippen molar-refractivity contribution >= 4 is 56.3 Å². The molecule has 0 saturated carbocycles. The summed E-state index contributed by atoms with van der Waals surface area (Å²) in [6, 6.07) is 20.2. The number of hydrogen-bond donors (Lipinski definition) is 1. The van der Waals surface area contributed by atoms with Crippen LogP contribution in [0.3, 0.4) is 0 Å². The second kappa shape index (κ2) is 8.19. The molecule has 7 heteroatoms. The van der Waals surface area contributed by atoms with E-state index in [0.29, 0.717) is 21.5 Å². The summed E-state index contributed by atoms with van der Waals surface area (Å²) < 4.78 is 6.55. The highest BCUT2D eigenvalue weighted by Crippen LogP contribution is 2.35. The van der Waals surface area contributed by atoms with Crippen molar-refractivity contribution in [2.45, 2.75) is 0 Å². The maximum absolute atomic E-state index is 12.2. The van der Waals surface area contributed by atoms with Crippen molar-refractivity contribution in [1.29, 1.82) is 0 Å². The third-order valence-corrected chi connectivity index (χ3v) is 5.68. The van der Waals surface area contributed by atoms with Gasteiger partial charge in [-0.1, -0.05) is 47.5 Å². The number of fused-ring (bicyclic) bond motifs is 1. The summed E-state index contributed by atoms with van der Waals surface area (Å²) in [5, 5.41) is 4.65. The number of ether oxygens (including phenoxy) is 1. The minimum absolute atomic E-state index is 0.150. The summed E-state index contributed by atoms with van der Waals surface area (Å²) in [6.45, 7) is -0.150. The molecule has 0 saturated heterocycles. The van der Waals surface area contributed by atoms with E-state index in [9.17, 15) is 4.79 Å². The molecule has 0 fully saturated rings. The van der Waals surface area contributed by atoms with Crippen LogP contribution >= 0.6 is 34.5 Å². The molecule has 4 nitrogen and oxygen atoms in total. The standard InChI is InChI=1S/C21H14Cl2N2O2S/c22-15-10-9-13(24-20(26)12-27-18-7-3-1-5-16(18)23)11-14(15)21-25-17-6-2-4-8-19(17)28-21/h1-11H,12H2,(H,24,26). The van der Waals surface area contributed by atoms with E-state index in [2.05, 4.69) is 10.3 Å². The third-order valence-electron chi connectivity index (χ3n) is 3.97. The Hall–Kier alpha value is -2.60. The monoisotopic (exact) mass is 428 g/mol. The second-order valence-electron chi connectivity index (χ2n) is 5.95. The van der Waals surface area contributed by atoms with Crippen molar-refractivity contribution in [3.63, 3.8) is 0 Å². The van der Waals surface area contributed by atoms with E-state index in [1.807, 2.05) is 30.3 Å². The summed E-state index contributed by atoms with van der Waals surface area (Å²) in [5.74, 6) is 0.170. The van der Waals surface area contributed by atoms with Gasteiger partial charge in [-0.05, 0) is 42.5 Å². The number of amides is 1. The van der Waals surface area contributed by atoms with Crippen LogP contribution in [-0.4, -0.2) is 17.5 Å². The first-order valence-corrected chi connectivity index (χ1v) is 10.00.